The van der Waals surface area contributed by atoms with Crippen LogP contribution in [-0.2, 0) is 4.79 Å². The largest absolute Gasteiger partial charge is 0.362 e. The van der Waals surface area contributed by atoms with Crippen LogP contribution in [0.2, 0.25) is 0 Å². The molecule has 0 radical (unpaired) electrons. The second-order valence-electron chi connectivity index (χ2n) is 3.20. The van der Waals surface area contributed by atoms with Gasteiger partial charge in [0.1, 0.15) is 5.78 Å². The highest BCUT2D eigenvalue weighted by molar-refractivity contribution is 7.80. The number of anilines is 1. The minimum absolute atomic E-state index is 0.157. The van der Waals surface area contributed by atoms with E-state index in [0.29, 0.717) is 18.1 Å². The van der Waals surface area contributed by atoms with Crippen molar-refractivity contribution in [3.63, 3.8) is 0 Å². The lowest BCUT2D eigenvalue weighted by atomic mass is 10.3. The molecule has 15 heavy (non-hydrogen) atoms. The zero-order valence-electron chi connectivity index (χ0n) is 8.62. The molecule has 0 bridgehead atoms. The molecular weight excluding hydrogens is 208 g/mol. The predicted octanol–water partition coefficient (Wildman–Crippen LogP) is 1.95. The third kappa shape index (κ3) is 5.12. The Morgan fingerprint density at radius 2 is 2.00 bits per heavy atom. The van der Waals surface area contributed by atoms with E-state index < -0.39 is 0 Å². The smallest absolute Gasteiger partial charge is 0.170 e. The van der Waals surface area contributed by atoms with E-state index in [0.717, 1.165) is 5.69 Å². The van der Waals surface area contributed by atoms with Crippen molar-refractivity contribution < 1.29 is 4.79 Å². The van der Waals surface area contributed by atoms with E-state index in [9.17, 15) is 4.79 Å². The zero-order chi connectivity index (χ0) is 11.1. The van der Waals surface area contributed by atoms with E-state index in [-0.39, 0.29) is 5.78 Å². The van der Waals surface area contributed by atoms with Gasteiger partial charge in [-0.2, -0.15) is 0 Å². The summed E-state index contributed by atoms with van der Waals surface area (Å²) in [5.41, 5.74) is 0.942. The van der Waals surface area contributed by atoms with Crippen LogP contribution in [0, 0.1) is 0 Å². The van der Waals surface area contributed by atoms with Crippen LogP contribution in [-0.4, -0.2) is 17.4 Å². The number of thiocarbonyl (C=S) groups is 1. The molecule has 0 fully saturated rings. The number of hydrogen-bond acceptors (Lipinski definition) is 2. The maximum absolute atomic E-state index is 10.7. The van der Waals surface area contributed by atoms with Gasteiger partial charge < -0.3 is 10.6 Å². The summed E-state index contributed by atoms with van der Waals surface area (Å²) in [6.07, 6.45) is 0.497. The lowest BCUT2D eigenvalue weighted by Gasteiger charge is -2.09. The molecule has 3 nitrogen and oxygen atoms in total. The number of carbonyl (C=O) groups excluding carboxylic acids is 1. The van der Waals surface area contributed by atoms with E-state index >= 15 is 0 Å². The monoisotopic (exact) mass is 222 g/mol. The van der Waals surface area contributed by atoms with Crippen molar-refractivity contribution in [2.75, 3.05) is 11.9 Å². The lowest BCUT2D eigenvalue weighted by Crippen LogP contribution is -2.30. The Bertz CT molecular complexity index is 338. The van der Waals surface area contributed by atoms with Gasteiger partial charge in [0.15, 0.2) is 5.11 Å². The molecule has 0 unspecified atom stereocenters. The van der Waals surface area contributed by atoms with Gasteiger partial charge in [0, 0.05) is 18.7 Å². The summed E-state index contributed by atoms with van der Waals surface area (Å²) in [6.45, 7) is 2.14. The summed E-state index contributed by atoms with van der Waals surface area (Å²) in [4.78, 5) is 10.7. The number of benzene rings is 1. The van der Waals surface area contributed by atoms with E-state index in [4.69, 9.17) is 12.2 Å². The Morgan fingerprint density at radius 3 is 2.60 bits per heavy atom. The zero-order valence-corrected chi connectivity index (χ0v) is 9.43. The SMILES string of the molecule is CC(=O)CCNC(=S)Nc1ccccc1. The Hall–Kier alpha value is -1.42. The average Bonchev–Trinajstić information content (AvgIpc) is 2.18. The predicted molar refractivity (Wildman–Crippen MR) is 66.0 cm³/mol. The number of nitrogens with one attached hydrogen (secondary N) is 2. The molecule has 0 aliphatic carbocycles. The highest BCUT2D eigenvalue weighted by Gasteiger charge is 1.97. The number of para-hydroxylation sites is 1. The third-order valence-electron chi connectivity index (χ3n) is 1.79. The molecule has 0 spiro atoms. The Morgan fingerprint density at radius 1 is 1.33 bits per heavy atom. The number of ketones is 1. The minimum atomic E-state index is 0.157. The van der Waals surface area contributed by atoms with E-state index in [2.05, 4.69) is 10.6 Å². The maximum Gasteiger partial charge on any atom is 0.170 e. The standard InChI is InChI=1S/C11H14N2OS/c1-9(14)7-8-12-11(15)13-10-5-3-2-4-6-10/h2-6H,7-8H2,1H3,(H2,12,13,15). The summed E-state index contributed by atoms with van der Waals surface area (Å²) in [7, 11) is 0. The molecular formula is C11H14N2OS. The molecule has 0 atom stereocenters. The summed E-state index contributed by atoms with van der Waals surface area (Å²) in [5, 5.41) is 6.53. The van der Waals surface area contributed by atoms with Gasteiger partial charge in [0.05, 0.1) is 0 Å². The van der Waals surface area contributed by atoms with Crippen LogP contribution in [0.25, 0.3) is 0 Å². The van der Waals surface area contributed by atoms with Crippen LogP contribution in [0.1, 0.15) is 13.3 Å². The number of hydrogen-bond donors (Lipinski definition) is 2. The number of carbonyl (C=O) groups is 1. The van der Waals surface area contributed by atoms with Crippen molar-refractivity contribution in [3.8, 4) is 0 Å². The first-order chi connectivity index (χ1) is 7.18. The molecule has 1 aromatic rings. The summed E-state index contributed by atoms with van der Waals surface area (Å²) in [6, 6.07) is 9.66. The highest BCUT2D eigenvalue weighted by atomic mass is 32.1. The van der Waals surface area contributed by atoms with Crippen LogP contribution in [0.4, 0.5) is 5.69 Å². The van der Waals surface area contributed by atoms with E-state index in [1.165, 1.54) is 0 Å². The van der Waals surface area contributed by atoms with Crippen molar-refractivity contribution in [2.45, 2.75) is 13.3 Å². The Balaban J connectivity index is 2.28. The van der Waals surface area contributed by atoms with Crippen molar-refractivity contribution >= 4 is 28.8 Å². The van der Waals surface area contributed by atoms with Crippen LogP contribution in [0.3, 0.4) is 0 Å². The quantitative estimate of drug-likeness (QED) is 0.764. The normalized spacial score (nSPS) is 9.40. The van der Waals surface area contributed by atoms with Crippen molar-refractivity contribution in [1.82, 2.24) is 5.32 Å². The van der Waals surface area contributed by atoms with Gasteiger partial charge >= 0.3 is 0 Å². The summed E-state index contributed by atoms with van der Waals surface area (Å²) < 4.78 is 0. The van der Waals surface area contributed by atoms with Crippen LogP contribution in [0.5, 0.6) is 0 Å². The third-order valence-corrected chi connectivity index (χ3v) is 2.04. The summed E-state index contributed by atoms with van der Waals surface area (Å²) in [5.74, 6) is 0.157. The molecule has 2 N–H and O–H groups in total. The van der Waals surface area contributed by atoms with Gasteiger partial charge in [0.2, 0.25) is 0 Å². The van der Waals surface area contributed by atoms with Crippen molar-refractivity contribution in [2.24, 2.45) is 0 Å². The van der Waals surface area contributed by atoms with Gasteiger partial charge in [-0.1, -0.05) is 18.2 Å². The molecule has 1 aromatic carbocycles. The average molecular weight is 222 g/mol. The second kappa shape index (κ2) is 6.14. The maximum atomic E-state index is 10.7. The number of Topliss-reactive ketones (excluding diaryl/α,β-unsaturated/α-hetero) is 1. The van der Waals surface area contributed by atoms with E-state index in [1.807, 2.05) is 30.3 Å². The van der Waals surface area contributed by atoms with Gasteiger partial charge in [-0.15, -0.1) is 0 Å². The topological polar surface area (TPSA) is 41.1 Å². The molecule has 0 aliphatic rings. The van der Waals surface area contributed by atoms with Gasteiger partial charge in [-0.25, -0.2) is 0 Å². The highest BCUT2D eigenvalue weighted by Crippen LogP contribution is 2.04. The summed E-state index contributed by atoms with van der Waals surface area (Å²) >= 11 is 5.05. The first kappa shape index (κ1) is 11.7. The van der Waals surface area contributed by atoms with Crippen LogP contribution < -0.4 is 10.6 Å². The molecule has 1 rings (SSSR count). The van der Waals surface area contributed by atoms with Crippen molar-refractivity contribution in [1.29, 1.82) is 0 Å². The van der Waals surface area contributed by atoms with Gasteiger partial charge in [-0.3, -0.25) is 4.79 Å². The fraction of sp³-hybridized carbons (Fsp3) is 0.273. The van der Waals surface area contributed by atoms with Gasteiger partial charge in [0.25, 0.3) is 0 Å². The Kier molecular flexibility index (Phi) is 4.77. The van der Waals surface area contributed by atoms with E-state index in [1.54, 1.807) is 6.92 Å². The molecule has 0 aliphatic heterocycles. The first-order valence-corrected chi connectivity index (χ1v) is 5.18. The first-order valence-electron chi connectivity index (χ1n) is 4.78. The lowest BCUT2D eigenvalue weighted by molar-refractivity contribution is -0.116. The second-order valence-corrected chi connectivity index (χ2v) is 3.61. The Labute approximate surface area is 94.9 Å². The molecule has 4 heteroatoms. The molecule has 80 valence electrons. The van der Waals surface area contributed by atoms with Crippen LogP contribution in [0.15, 0.2) is 30.3 Å². The van der Waals surface area contributed by atoms with Gasteiger partial charge in [-0.05, 0) is 31.3 Å². The molecule has 0 saturated carbocycles. The minimum Gasteiger partial charge on any atom is -0.362 e. The molecule has 0 saturated heterocycles. The molecule has 0 amide bonds. The molecule has 0 aromatic heterocycles. The fourth-order valence-electron chi connectivity index (χ4n) is 1.05. The fourth-order valence-corrected chi connectivity index (χ4v) is 1.27. The van der Waals surface area contributed by atoms with Crippen molar-refractivity contribution in [3.05, 3.63) is 30.3 Å². The van der Waals surface area contributed by atoms with Crippen LogP contribution >= 0.6 is 12.2 Å². The number of rotatable bonds is 4. The molecule has 0 heterocycles.